The second-order valence-corrected chi connectivity index (χ2v) is 5.90. The predicted octanol–water partition coefficient (Wildman–Crippen LogP) is 2.10. The van der Waals surface area contributed by atoms with Crippen LogP contribution in [0.15, 0.2) is 0 Å². The van der Waals surface area contributed by atoms with Crippen LogP contribution < -0.4 is 5.32 Å². The molecule has 0 aromatic heterocycles. The highest BCUT2D eigenvalue weighted by Crippen LogP contribution is 2.55. The van der Waals surface area contributed by atoms with Crippen LogP contribution in [0.3, 0.4) is 0 Å². The molecule has 0 aromatic rings. The van der Waals surface area contributed by atoms with E-state index in [0.29, 0.717) is 23.7 Å². The largest absolute Gasteiger partial charge is 0.379 e. The van der Waals surface area contributed by atoms with Crippen molar-refractivity contribution in [2.75, 3.05) is 19.8 Å². The molecule has 1 saturated heterocycles. The first kappa shape index (κ1) is 11.9. The van der Waals surface area contributed by atoms with Crippen LogP contribution in [-0.4, -0.2) is 38.0 Å². The zero-order valence-corrected chi connectivity index (χ0v) is 10.9. The molecule has 2 saturated carbocycles. The summed E-state index contributed by atoms with van der Waals surface area (Å²) in [6.07, 6.45) is 8.70. The molecule has 17 heavy (non-hydrogen) atoms. The van der Waals surface area contributed by atoms with Gasteiger partial charge in [0.05, 0.1) is 18.8 Å². The SMILES string of the molecule is CCNC1CC(OC2CCOC2)C12CCCC2. The van der Waals surface area contributed by atoms with E-state index in [2.05, 4.69) is 12.2 Å². The van der Waals surface area contributed by atoms with E-state index in [-0.39, 0.29) is 0 Å². The second kappa shape index (κ2) is 4.87. The number of rotatable bonds is 4. The Morgan fingerprint density at radius 2 is 2.18 bits per heavy atom. The van der Waals surface area contributed by atoms with Crippen molar-refractivity contribution >= 4 is 0 Å². The zero-order chi connectivity index (χ0) is 11.7. The van der Waals surface area contributed by atoms with E-state index in [1.807, 2.05) is 0 Å². The van der Waals surface area contributed by atoms with Crippen molar-refractivity contribution in [1.82, 2.24) is 5.32 Å². The van der Waals surface area contributed by atoms with Crippen molar-refractivity contribution < 1.29 is 9.47 Å². The second-order valence-electron chi connectivity index (χ2n) is 5.90. The van der Waals surface area contributed by atoms with Gasteiger partial charge in [0.25, 0.3) is 0 Å². The van der Waals surface area contributed by atoms with Crippen molar-refractivity contribution in [2.24, 2.45) is 5.41 Å². The molecule has 0 radical (unpaired) electrons. The quantitative estimate of drug-likeness (QED) is 0.815. The van der Waals surface area contributed by atoms with Crippen molar-refractivity contribution in [1.29, 1.82) is 0 Å². The summed E-state index contributed by atoms with van der Waals surface area (Å²) in [4.78, 5) is 0. The van der Waals surface area contributed by atoms with E-state index in [1.165, 1.54) is 32.1 Å². The monoisotopic (exact) mass is 239 g/mol. The summed E-state index contributed by atoms with van der Waals surface area (Å²) in [6, 6.07) is 0.710. The summed E-state index contributed by atoms with van der Waals surface area (Å²) >= 11 is 0. The van der Waals surface area contributed by atoms with E-state index >= 15 is 0 Å². The molecule has 0 bridgehead atoms. The summed E-state index contributed by atoms with van der Waals surface area (Å²) in [6.45, 7) is 5.01. The number of nitrogens with one attached hydrogen (secondary N) is 1. The molecule has 98 valence electrons. The van der Waals surface area contributed by atoms with Gasteiger partial charge in [-0.05, 0) is 32.2 Å². The Kier molecular flexibility index (Phi) is 3.42. The molecule has 0 aromatic carbocycles. The Hall–Kier alpha value is -0.120. The highest BCUT2D eigenvalue weighted by molar-refractivity contribution is 5.10. The number of ether oxygens (including phenoxy) is 2. The Labute approximate surface area is 104 Å². The Bertz CT molecular complexity index is 257. The van der Waals surface area contributed by atoms with Crippen molar-refractivity contribution in [2.45, 2.75) is 63.7 Å². The maximum absolute atomic E-state index is 6.30. The summed E-state index contributed by atoms with van der Waals surface area (Å²) in [5.41, 5.74) is 0.471. The summed E-state index contributed by atoms with van der Waals surface area (Å²) in [7, 11) is 0. The van der Waals surface area contributed by atoms with E-state index in [9.17, 15) is 0 Å². The third kappa shape index (κ3) is 2.02. The molecule has 3 unspecified atom stereocenters. The Morgan fingerprint density at radius 1 is 1.35 bits per heavy atom. The summed E-state index contributed by atoms with van der Waals surface area (Å²) in [5, 5.41) is 3.66. The van der Waals surface area contributed by atoms with Gasteiger partial charge in [0.15, 0.2) is 0 Å². The van der Waals surface area contributed by atoms with Gasteiger partial charge < -0.3 is 14.8 Å². The van der Waals surface area contributed by atoms with Crippen molar-refractivity contribution in [3.63, 3.8) is 0 Å². The molecule has 3 atom stereocenters. The van der Waals surface area contributed by atoms with Crippen LogP contribution in [0.25, 0.3) is 0 Å². The van der Waals surface area contributed by atoms with Crippen LogP contribution >= 0.6 is 0 Å². The molecule has 1 N–H and O–H groups in total. The smallest absolute Gasteiger partial charge is 0.0834 e. The minimum atomic E-state index is 0.375. The number of hydrogen-bond donors (Lipinski definition) is 1. The molecule has 3 aliphatic rings. The summed E-state index contributed by atoms with van der Waals surface area (Å²) < 4.78 is 11.7. The maximum atomic E-state index is 6.30. The fraction of sp³-hybridized carbons (Fsp3) is 1.00. The minimum Gasteiger partial charge on any atom is -0.379 e. The normalized spacial score (nSPS) is 39.7. The topological polar surface area (TPSA) is 30.5 Å². The van der Waals surface area contributed by atoms with Gasteiger partial charge >= 0.3 is 0 Å². The predicted molar refractivity (Wildman–Crippen MR) is 67.1 cm³/mol. The molecule has 2 aliphatic carbocycles. The fourth-order valence-electron chi connectivity index (χ4n) is 4.03. The molecule has 3 fully saturated rings. The van der Waals surface area contributed by atoms with Gasteiger partial charge in [-0.1, -0.05) is 19.8 Å². The molecule has 3 heteroatoms. The van der Waals surface area contributed by atoms with Crippen LogP contribution in [0.4, 0.5) is 0 Å². The van der Waals surface area contributed by atoms with E-state index in [4.69, 9.17) is 9.47 Å². The van der Waals surface area contributed by atoms with Gasteiger partial charge in [0.2, 0.25) is 0 Å². The molecular formula is C14H25NO2. The van der Waals surface area contributed by atoms with Crippen LogP contribution in [0.5, 0.6) is 0 Å². The first-order valence-electron chi connectivity index (χ1n) is 7.32. The molecule has 3 rings (SSSR count). The zero-order valence-electron chi connectivity index (χ0n) is 10.9. The lowest BCUT2D eigenvalue weighted by molar-refractivity contribution is -0.159. The molecule has 1 aliphatic heterocycles. The molecule has 1 heterocycles. The molecular weight excluding hydrogens is 214 g/mol. The third-order valence-electron chi connectivity index (χ3n) is 5.01. The average Bonchev–Trinajstić information content (AvgIpc) is 3.00. The van der Waals surface area contributed by atoms with Crippen LogP contribution in [0.1, 0.15) is 45.4 Å². The molecule has 0 amide bonds. The first-order chi connectivity index (χ1) is 8.35. The Morgan fingerprint density at radius 3 is 2.82 bits per heavy atom. The lowest BCUT2D eigenvalue weighted by Gasteiger charge is -2.55. The standard InChI is InChI=1S/C14H25NO2/c1-2-15-12-9-13(14(12)6-3-4-7-14)17-11-5-8-16-10-11/h11-13,15H,2-10H2,1H3. The van der Waals surface area contributed by atoms with E-state index in [1.54, 1.807) is 0 Å². The highest BCUT2D eigenvalue weighted by atomic mass is 16.6. The van der Waals surface area contributed by atoms with Gasteiger partial charge in [-0.2, -0.15) is 0 Å². The Balaban J connectivity index is 1.61. The third-order valence-corrected chi connectivity index (χ3v) is 5.01. The van der Waals surface area contributed by atoms with Crippen molar-refractivity contribution in [3.05, 3.63) is 0 Å². The minimum absolute atomic E-state index is 0.375. The van der Waals surface area contributed by atoms with Gasteiger partial charge in [0.1, 0.15) is 0 Å². The van der Waals surface area contributed by atoms with E-state index in [0.717, 1.165) is 26.2 Å². The molecule has 3 nitrogen and oxygen atoms in total. The fourth-order valence-corrected chi connectivity index (χ4v) is 4.03. The van der Waals surface area contributed by atoms with Gasteiger partial charge in [-0.25, -0.2) is 0 Å². The molecule has 1 spiro atoms. The first-order valence-corrected chi connectivity index (χ1v) is 7.32. The lowest BCUT2D eigenvalue weighted by Crippen LogP contribution is -2.63. The average molecular weight is 239 g/mol. The van der Waals surface area contributed by atoms with Crippen LogP contribution in [0, 0.1) is 5.41 Å². The van der Waals surface area contributed by atoms with E-state index < -0.39 is 0 Å². The van der Waals surface area contributed by atoms with Crippen molar-refractivity contribution in [3.8, 4) is 0 Å². The summed E-state index contributed by atoms with van der Waals surface area (Å²) in [5.74, 6) is 0. The highest BCUT2D eigenvalue weighted by Gasteiger charge is 2.56. The van der Waals surface area contributed by atoms with Gasteiger partial charge in [-0.15, -0.1) is 0 Å². The van der Waals surface area contributed by atoms with Gasteiger partial charge in [-0.3, -0.25) is 0 Å². The lowest BCUT2D eigenvalue weighted by atomic mass is 9.60. The number of hydrogen-bond acceptors (Lipinski definition) is 3. The maximum Gasteiger partial charge on any atom is 0.0834 e. The van der Waals surface area contributed by atoms with Crippen LogP contribution in [0.2, 0.25) is 0 Å². The van der Waals surface area contributed by atoms with Crippen LogP contribution in [-0.2, 0) is 9.47 Å². The van der Waals surface area contributed by atoms with Gasteiger partial charge in [0, 0.05) is 18.1 Å².